The summed E-state index contributed by atoms with van der Waals surface area (Å²) in [6.45, 7) is 4.00. The Balaban J connectivity index is 1.98. The Morgan fingerprint density at radius 2 is 1.96 bits per heavy atom. The third-order valence-corrected chi connectivity index (χ3v) is 5.06. The van der Waals surface area contributed by atoms with E-state index in [-0.39, 0.29) is 10.6 Å². The number of rotatable bonds is 4. The second kappa shape index (κ2) is 7.63. The molecular formula is C20H16ClIN2O2. The maximum Gasteiger partial charge on any atom is 0.337 e. The highest BCUT2D eigenvalue weighted by Gasteiger charge is 2.13. The van der Waals surface area contributed by atoms with Crippen LogP contribution in [0.1, 0.15) is 27.3 Å². The van der Waals surface area contributed by atoms with Gasteiger partial charge in [0.05, 0.1) is 16.3 Å². The summed E-state index contributed by atoms with van der Waals surface area (Å²) in [7, 11) is 0. The van der Waals surface area contributed by atoms with E-state index in [0.717, 1.165) is 31.9 Å². The van der Waals surface area contributed by atoms with Crippen molar-refractivity contribution in [1.29, 1.82) is 0 Å². The van der Waals surface area contributed by atoms with E-state index in [9.17, 15) is 4.79 Å². The molecule has 2 aromatic carbocycles. The fraction of sp³-hybridized carbons (Fsp3) is 0.100. The van der Waals surface area contributed by atoms with Crippen molar-refractivity contribution in [2.45, 2.75) is 13.8 Å². The summed E-state index contributed by atoms with van der Waals surface area (Å²) < 4.78 is 3.17. The van der Waals surface area contributed by atoms with E-state index in [1.807, 2.05) is 55.0 Å². The van der Waals surface area contributed by atoms with E-state index in [1.165, 1.54) is 6.07 Å². The van der Waals surface area contributed by atoms with Gasteiger partial charge in [-0.15, -0.1) is 0 Å². The second-order valence-electron chi connectivity index (χ2n) is 5.87. The first-order valence-corrected chi connectivity index (χ1v) is 9.34. The predicted molar refractivity (Wildman–Crippen MR) is 114 cm³/mol. The van der Waals surface area contributed by atoms with Gasteiger partial charge in [0.15, 0.2) is 0 Å². The molecule has 0 spiro atoms. The number of carboxylic acid groups (broad SMARTS) is 1. The first kappa shape index (κ1) is 18.7. The first-order chi connectivity index (χ1) is 12.4. The van der Waals surface area contributed by atoms with Gasteiger partial charge in [-0.05, 0) is 78.9 Å². The Kier molecular flexibility index (Phi) is 5.48. The molecule has 0 atom stereocenters. The standard InChI is InChI=1S/C20H16ClIN2O2/c1-12-8-14(11-23-16-5-3-4-15(22)9-16)13(2)24(12)17-6-7-18(20(25)26)19(21)10-17/h3-11H,1-2H3,(H,25,26). The number of nitrogens with zero attached hydrogens (tertiary/aromatic N) is 2. The van der Waals surface area contributed by atoms with Crippen molar-refractivity contribution in [3.05, 3.63) is 79.6 Å². The minimum absolute atomic E-state index is 0.0957. The number of aliphatic imine (C=N–C) groups is 1. The highest BCUT2D eigenvalue weighted by atomic mass is 127. The Hall–Kier alpha value is -2.12. The summed E-state index contributed by atoms with van der Waals surface area (Å²) in [4.78, 5) is 15.7. The van der Waals surface area contributed by atoms with Gasteiger partial charge >= 0.3 is 5.97 Å². The van der Waals surface area contributed by atoms with Crippen LogP contribution in [-0.4, -0.2) is 21.9 Å². The van der Waals surface area contributed by atoms with Crippen LogP contribution < -0.4 is 0 Å². The number of benzene rings is 2. The largest absolute Gasteiger partial charge is 0.478 e. The van der Waals surface area contributed by atoms with E-state index in [2.05, 4.69) is 27.6 Å². The molecule has 0 aliphatic heterocycles. The summed E-state index contributed by atoms with van der Waals surface area (Å²) in [5, 5.41) is 9.35. The molecule has 0 fully saturated rings. The van der Waals surface area contributed by atoms with Crippen LogP contribution in [0.4, 0.5) is 5.69 Å². The van der Waals surface area contributed by atoms with Crippen molar-refractivity contribution < 1.29 is 9.90 Å². The smallest absolute Gasteiger partial charge is 0.337 e. The van der Waals surface area contributed by atoms with Gasteiger partial charge in [0.2, 0.25) is 0 Å². The molecule has 3 aromatic rings. The molecule has 0 saturated heterocycles. The Bertz CT molecular complexity index is 1020. The average Bonchev–Trinajstić information content (AvgIpc) is 2.86. The fourth-order valence-corrected chi connectivity index (χ4v) is 3.61. The van der Waals surface area contributed by atoms with E-state index in [0.29, 0.717) is 0 Å². The molecule has 3 rings (SSSR count). The normalized spacial score (nSPS) is 11.2. The SMILES string of the molecule is Cc1cc(C=Nc2cccc(I)c2)c(C)n1-c1ccc(C(=O)O)c(Cl)c1. The van der Waals surface area contributed by atoms with Gasteiger partial charge in [-0.2, -0.15) is 0 Å². The van der Waals surface area contributed by atoms with Gasteiger partial charge < -0.3 is 9.67 Å². The van der Waals surface area contributed by atoms with Crippen molar-refractivity contribution in [1.82, 2.24) is 4.57 Å². The molecule has 0 bridgehead atoms. The number of aromatic carboxylic acids is 1. The molecule has 1 aromatic heterocycles. The van der Waals surface area contributed by atoms with Crippen LogP contribution in [0, 0.1) is 17.4 Å². The maximum absolute atomic E-state index is 11.1. The summed E-state index contributed by atoms with van der Waals surface area (Å²) in [6, 6.07) is 15.0. The molecule has 132 valence electrons. The lowest BCUT2D eigenvalue weighted by Crippen LogP contribution is -2.02. The third kappa shape index (κ3) is 3.83. The highest BCUT2D eigenvalue weighted by Crippen LogP contribution is 2.25. The number of halogens is 2. The lowest BCUT2D eigenvalue weighted by molar-refractivity contribution is 0.0697. The molecule has 0 aliphatic rings. The van der Waals surface area contributed by atoms with E-state index in [1.54, 1.807) is 12.1 Å². The number of hydrogen-bond acceptors (Lipinski definition) is 2. The Labute approximate surface area is 170 Å². The van der Waals surface area contributed by atoms with Crippen LogP contribution in [0.5, 0.6) is 0 Å². The minimum atomic E-state index is -1.03. The van der Waals surface area contributed by atoms with Gasteiger partial charge in [-0.25, -0.2) is 4.79 Å². The molecule has 0 amide bonds. The van der Waals surface area contributed by atoms with Crippen molar-refractivity contribution in [2.24, 2.45) is 4.99 Å². The maximum atomic E-state index is 11.1. The summed E-state index contributed by atoms with van der Waals surface area (Å²) in [6.07, 6.45) is 1.84. The van der Waals surface area contributed by atoms with Gasteiger partial charge in [0.25, 0.3) is 0 Å². The summed E-state index contributed by atoms with van der Waals surface area (Å²) in [5.41, 5.74) is 4.85. The van der Waals surface area contributed by atoms with Crippen molar-refractivity contribution in [2.75, 3.05) is 0 Å². The second-order valence-corrected chi connectivity index (χ2v) is 7.52. The van der Waals surface area contributed by atoms with E-state index < -0.39 is 5.97 Å². The predicted octanol–water partition coefficient (Wildman–Crippen LogP) is 5.80. The lowest BCUT2D eigenvalue weighted by atomic mass is 10.2. The number of aryl methyl sites for hydroxylation is 1. The molecule has 26 heavy (non-hydrogen) atoms. The Morgan fingerprint density at radius 3 is 2.62 bits per heavy atom. The molecular weight excluding hydrogens is 463 g/mol. The van der Waals surface area contributed by atoms with Crippen LogP contribution >= 0.6 is 34.2 Å². The molecule has 4 nitrogen and oxygen atoms in total. The quantitative estimate of drug-likeness (QED) is 0.380. The number of aromatic nitrogens is 1. The molecule has 0 saturated carbocycles. The van der Waals surface area contributed by atoms with E-state index >= 15 is 0 Å². The fourth-order valence-electron chi connectivity index (χ4n) is 2.83. The summed E-state index contributed by atoms with van der Waals surface area (Å²) >= 11 is 8.38. The Morgan fingerprint density at radius 1 is 1.19 bits per heavy atom. The van der Waals surface area contributed by atoms with Gasteiger partial charge in [-0.3, -0.25) is 4.99 Å². The van der Waals surface area contributed by atoms with Crippen LogP contribution in [0.25, 0.3) is 5.69 Å². The summed E-state index contributed by atoms with van der Waals surface area (Å²) in [5.74, 6) is -1.03. The van der Waals surface area contributed by atoms with Gasteiger partial charge in [0, 0.05) is 32.4 Å². The zero-order chi connectivity index (χ0) is 18.8. The highest BCUT2D eigenvalue weighted by molar-refractivity contribution is 14.1. The molecule has 0 unspecified atom stereocenters. The lowest BCUT2D eigenvalue weighted by Gasteiger charge is -2.11. The number of carbonyl (C=O) groups is 1. The van der Waals surface area contributed by atoms with Crippen molar-refractivity contribution in [3.63, 3.8) is 0 Å². The molecule has 0 radical (unpaired) electrons. The molecule has 1 heterocycles. The van der Waals surface area contributed by atoms with E-state index in [4.69, 9.17) is 16.7 Å². The third-order valence-electron chi connectivity index (χ3n) is 4.07. The van der Waals surface area contributed by atoms with Crippen LogP contribution in [-0.2, 0) is 0 Å². The first-order valence-electron chi connectivity index (χ1n) is 7.88. The topological polar surface area (TPSA) is 54.6 Å². The average molecular weight is 479 g/mol. The van der Waals surface area contributed by atoms with Gasteiger partial charge in [-0.1, -0.05) is 17.7 Å². The zero-order valence-electron chi connectivity index (χ0n) is 14.2. The number of hydrogen-bond donors (Lipinski definition) is 1. The minimum Gasteiger partial charge on any atom is -0.478 e. The van der Waals surface area contributed by atoms with Crippen LogP contribution in [0.3, 0.4) is 0 Å². The molecule has 0 aliphatic carbocycles. The monoisotopic (exact) mass is 478 g/mol. The number of carboxylic acids is 1. The molecule has 6 heteroatoms. The zero-order valence-corrected chi connectivity index (χ0v) is 17.1. The van der Waals surface area contributed by atoms with Crippen molar-refractivity contribution in [3.8, 4) is 5.69 Å². The van der Waals surface area contributed by atoms with Crippen LogP contribution in [0.2, 0.25) is 5.02 Å². The van der Waals surface area contributed by atoms with Crippen LogP contribution in [0.15, 0.2) is 53.5 Å². The van der Waals surface area contributed by atoms with Crippen molar-refractivity contribution >= 4 is 52.1 Å². The van der Waals surface area contributed by atoms with Gasteiger partial charge in [0.1, 0.15) is 0 Å². The molecule has 1 N–H and O–H groups in total.